The van der Waals surface area contributed by atoms with Crippen LogP contribution in [0.4, 0.5) is 20.2 Å². The average Bonchev–Trinajstić information content (AvgIpc) is 2.81. The van der Waals surface area contributed by atoms with Crippen LogP contribution in [-0.2, 0) is 10.0 Å². The lowest BCUT2D eigenvalue weighted by molar-refractivity contribution is 0.102. The third-order valence-electron chi connectivity index (χ3n) is 5.37. The van der Waals surface area contributed by atoms with Crippen LogP contribution >= 0.6 is 11.6 Å². The van der Waals surface area contributed by atoms with Crippen molar-refractivity contribution in [2.45, 2.75) is 4.90 Å². The van der Waals surface area contributed by atoms with Gasteiger partial charge >= 0.3 is 0 Å². The van der Waals surface area contributed by atoms with E-state index in [1.54, 1.807) is 47.4 Å². The minimum atomic E-state index is -4.21. The zero-order valence-corrected chi connectivity index (χ0v) is 18.9. The van der Waals surface area contributed by atoms with Gasteiger partial charge in [-0.3, -0.25) is 4.79 Å². The molecule has 10 heteroatoms. The largest absolute Gasteiger partial charge is 0.367 e. The van der Waals surface area contributed by atoms with Crippen LogP contribution in [0.15, 0.2) is 71.6 Å². The Morgan fingerprint density at radius 2 is 1.55 bits per heavy atom. The maximum absolute atomic E-state index is 14.6. The summed E-state index contributed by atoms with van der Waals surface area (Å²) in [6, 6.07) is 16.0. The van der Waals surface area contributed by atoms with Gasteiger partial charge in [0.2, 0.25) is 10.0 Å². The Morgan fingerprint density at radius 3 is 2.24 bits per heavy atom. The highest BCUT2D eigenvalue weighted by atomic mass is 35.5. The number of amides is 1. The summed E-state index contributed by atoms with van der Waals surface area (Å²) in [5.41, 5.74) is 0.709. The molecule has 1 N–H and O–H groups in total. The van der Waals surface area contributed by atoms with Crippen LogP contribution in [0, 0.1) is 11.6 Å². The van der Waals surface area contributed by atoms with Gasteiger partial charge in [-0.15, -0.1) is 0 Å². The molecule has 33 heavy (non-hydrogen) atoms. The van der Waals surface area contributed by atoms with Gasteiger partial charge < -0.3 is 10.2 Å². The van der Waals surface area contributed by atoms with E-state index in [1.165, 1.54) is 12.1 Å². The van der Waals surface area contributed by atoms with Gasteiger partial charge in [-0.1, -0.05) is 35.9 Å². The van der Waals surface area contributed by atoms with E-state index in [9.17, 15) is 22.0 Å². The zero-order valence-electron chi connectivity index (χ0n) is 17.3. The summed E-state index contributed by atoms with van der Waals surface area (Å²) in [4.78, 5) is 13.8. The van der Waals surface area contributed by atoms with Gasteiger partial charge in [0.1, 0.15) is 16.5 Å². The maximum Gasteiger partial charge on any atom is 0.255 e. The lowest BCUT2D eigenvalue weighted by Gasteiger charge is -2.35. The van der Waals surface area contributed by atoms with Crippen LogP contribution in [0.5, 0.6) is 0 Å². The molecule has 0 spiro atoms. The Balaban J connectivity index is 1.53. The molecule has 4 rings (SSSR count). The number of nitrogens with one attached hydrogen (secondary N) is 1. The van der Waals surface area contributed by atoms with Crippen molar-refractivity contribution in [3.8, 4) is 0 Å². The van der Waals surface area contributed by atoms with Crippen LogP contribution in [0.25, 0.3) is 0 Å². The molecule has 1 heterocycles. The van der Waals surface area contributed by atoms with Crippen molar-refractivity contribution in [3.63, 3.8) is 0 Å². The Morgan fingerprint density at radius 1 is 0.879 bits per heavy atom. The summed E-state index contributed by atoms with van der Waals surface area (Å²) in [5, 5.41) is 2.90. The normalized spacial score (nSPS) is 14.8. The summed E-state index contributed by atoms with van der Waals surface area (Å²) >= 11 is 6.05. The quantitative estimate of drug-likeness (QED) is 0.575. The first-order chi connectivity index (χ1) is 15.8. The summed E-state index contributed by atoms with van der Waals surface area (Å²) in [6.45, 7) is 0.585. The Hall–Kier alpha value is -3.01. The molecule has 1 fully saturated rings. The zero-order chi connectivity index (χ0) is 23.6. The molecule has 0 radical (unpaired) electrons. The average molecular weight is 492 g/mol. The topological polar surface area (TPSA) is 69.7 Å². The van der Waals surface area contributed by atoms with Crippen molar-refractivity contribution in [2.75, 3.05) is 36.4 Å². The summed E-state index contributed by atoms with van der Waals surface area (Å²) in [5.74, 6) is -1.97. The number of para-hydroxylation sites is 2. The molecule has 1 amide bonds. The number of hydrogen-bond donors (Lipinski definition) is 1. The number of halogens is 3. The van der Waals surface area contributed by atoms with Gasteiger partial charge in [0, 0.05) is 31.7 Å². The number of benzene rings is 3. The molecule has 172 valence electrons. The van der Waals surface area contributed by atoms with Crippen molar-refractivity contribution in [3.05, 3.63) is 89.0 Å². The van der Waals surface area contributed by atoms with E-state index in [0.29, 0.717) is 16.4 Å². The highest BCUT2D eigenvalue weighted by Crippen LogP contribution is 2.26. The molecular weight excluding hydrogens is 472 g/mol. The molecule has 0 saturated carbocycles. The molecule has 0 unspecified atom stereocenters. The number of anilines is 2. The number of hydrogen-bond acceptors (Lipinski definition) is 4. The molecule has 1 saturated heterocycles. The summed E-state index contributed by atoms with van der Waals surface area (Å²) in [7, 11) is -4.21. The fourth-order valence-corrected chi connectivity index (χ4v) is 5.31. The number of nitrogens with zero attached hydrogens (tertiary/aromatic N) is 2. The highest BCUT2D eigenvalue weighted by Gasteiger charge is 2.32. The lowest BCUT2D eigenvalue weighted by Crippen LogP contribution is -2.49. The van der Waals surface area contributed by atoms with Crippen molar-refractivity contribution in [1.82, 2.24) is 4.31 Å². The Kier molecular flexibility index (Phi) is 6.64. The number of rotatable bonds is 5. The van der Waals surface area contributed by atoms with Gasteiger partial charge in [0.15, 0.2) is 0 Å². The van der Waals surface area contributed by atoms with E-state index in [4.69, 9.17) is 11.6 Å². The summed E-state index contributed by atoms with van der Waals surface area (Å²) in [6.07, 6.45) is 0. The molecule has 1 aliphatic heterocycles. The molecule has 0 atom stereocenters. The van der Waals surface area contributed by atoms with E-state index in [-0.39, 0.29) is 31.7 Å². The van der Waals surface area contributed by atoms with E-state index >= 15 is 0 Å². The number of piperazine rings is 1. The second-order valence-corrected chi connectivity index (χ2v) is 9.74. The van der Waals surface area contributed by atoms with E-state index < -0.39 is 32.5 Å². The van der Waals surface area contributed by atoms with Crippen molar-refractivity contribution in [1.29, 1.82) is 0 Å². The van der Waals surface area contributed by atoms with Crippen LogP contribution in [0.3, 0.4) is 0 Å². The molecule has 3 aromatic carbocycles. The number of sulfonamides is 1. The van der Waals surface area contributed by atoms with E-state index in [1.807, 2.05) is 0 Å². The van der Waals surface area contributed by atoms with Crippen LogP contribution < -0.4 is 10.2 Å². The van der Waals surface area contributed by atoms with Gasteiger partial charge in [0.25, 0.3) is 5.91 Å². The standard InChI is InChI=1S/C23H20ClF2N3O3S/c24-17-5-1-3-7-20(17)27-23(30)16-9-10-19(26)22(15-16)33(31,32)29-13-11-28(12-14-29)21-8-4-2-6-18(21)25/h1-10,15H,11-14H2,(H,27,30). The van der Waals surface area contributed by atoms with E-state index in [0.717, 1.165) is 16.4 Å². The Labute approximate surface area is 195 Å². The monoisotopic (exact) mass is 491 g/mol. The SMILES string of the molecule is O=C(Nc1ccccc1Cl)c1ccc(F)c(S(=O)(=O)N2CCN(c3ccccc3F)CC2)c1. The van der Waals surface area contributed by atoms with Gasteiger partial charge in [-0.25, -0.2) is 17.2 Å². The van der Waals surface area contributed by atoms with Gasteiger partial charge in [-0.05, 0) is 42.5 Å². The molecule has 0 bridgehead atoms. The maximum atomic E-state index is 14.6. The fraction of sp³-hybridized carbons (Fsp3) is 0.174. The molecule has 0 aliphatic carbocycles. The molecule has 0 aromatic heterocycles. The number of carbonyl (C=O) groups excluding carboxylic acids is 1. The second kappa shape index (κ2) is 9.46. The van der Waals surface area contributed by atoms with Crippen molar-refractivity contribution in [2.24, 2.45) is 0 Å². The predicted molar refractivity (Wildman–Crippen MR) is 123 cm³/mol. The summed E-state index contributed by atoms with van der Waals surface area (Å²) < 4.78 is 56.0. The first-order valence-electron chi connectivity index (χ1n) is 10.1. The molecule has 6 nitrogen and oxygen atoms in total. The minimum Gasteiger partial charge on any atom is -0.367 e. The van der Waals surface area contributed by atoms with Crippen LogP contribution in [0.2, 0.25) is 5.02 Å². The van der Waals surface area contributed by atoms with Crippen molar-refractivity contribution >= 4 is 38.9 Å². The van der Waals surface area contributed by atoms with Crippen molar-refractivity contribution < 1.29 is 22.0 Å². The smallest absolute Gasteiger partial charge is 0.255 e. The third kappa shape index (κ3) is 4.85. The lowest BCUT2D eigenvalue weighted by atomic mass is 10.2. The van der Waals surface area contributed by atoms with Gasteiger partial charge in [-0.2, -0.15) is 4.31 Å². The predicted octanol–water partition coefficient (Wildman–Crippen LogP) is 4.38. The Bertz CT molecular complexity index is 1300. The van der Waals surface area contributed by atoms with Crippen LogP contribution in [-0.4, -0.2) is 44.8 Å². The molecule has 1 aliphatic rings. The third-order valence-corrected chi connectivity index (χ3v) is 7.61. The highest BCUT2D eigenvalue weighted by molar-refractivity contribution is 7.89. The molecular formula is C23H20ClF2N3O3S. The molecule has 3 aromatic rings. The first kappa shape index (κ1) is 23.2. The number of carbonyl (C=O) groups is 1. The first-order valence-corrected chi connectivity index (χ1v) is 11.9. The fourth-order valence-electron chi connectivity index (χ4n) is 3.62. The minimum absolute atomic E-state index is 0.0279. The van der Waals surface area contributed by atoms with Crippen LogP contribution in [0.1, 0.15) is 10.4 Å². The van der Waals surface area contributed by atoms with E-state index in [2.05, 4.69) is 5.32 Å². The second-order valence-electron chi connectivity index (χ2n) is 7.42. The van der Waals surface area contributed by atoms with Gasteiger partial charge in [0.05, 0.1) is 16.4 Å².